The predicted molar refractivity (Wildman–Crippen MR) is 160 cm³/mol. The molecule has 1 saturated heterocycles. The van der Waals surface area contributed by atoms with Gasteiger partial charge >= 0.3 is 0 Å². The Bertz CT molecular complexity index is 1550. The minimum Gasteiger partial charge on any atom is -0.354 e. The molecule has 1 fully saturated rings. The third-order valence-electron chi connectivity index (χ3n) is 8.49. The van der Waals surface area contributed by atoms with Gasteiger partial charge in [-0.1, -0.05) is 80.1 Å². The normalized spacial score (nSPS) is 18.5. The van der Waals surface area contributed by atoms with Crippen LogP contribution in [0, 0.1) is 12.8 Å². The highest BCUT2D eigenvalue weighted by atomic mass is 16.2. The zero-order valence-corrected chi connectivity index (χ0v) is 23.9. The smallest absolute Gasteiger partial charge is 0.255 e. The molecular weight excluding hydrogens is 496 g/mol. The van der Waals surface area contributed by atoms with Crippen LogP contribution in [-0.2, 0) is 4.79 Å². The number of nitrogens with zero attached hydrogens (tertiary/aromatic N) is 3. The number of aromatic nitrogens is 1. The van der Waals surface area contributed by atoms with Crippen LogP contribution in [-0.4, -0.2) is 70.8 Å². The molecule has 3 aromatic carbocycles. The van der Waals surface area contributed by atoms with Gasteiger partial charge < -0.3 is 19.7 Å². The zero-order valence-electron chi connectivity index (χ0n) is 23.9. The maximum atomic E-state index is 14.3. The molecule has 3 heterocycles. The van der Waals surface area contributed by atoms with Crippen LogP contribution < -0.4 is 0 Å². The zero-order chi connectivity index (χ0) is 28.0. The predicted octanol–water partition coefficient (Wildman–Crippen LogP) is 5.88. The van der Waals surface area contributed by atoms with Gasteiger partial charge in [-0.15, -0.1) is 0 Å². The van der Waals surface area contributed by atoms with E-state index in [0.717, 1.165) is 46.4 Å². The Morgan fingerprint density at radius 2 is 1.60 bits per heavy atom. The van der Waals surface area contributed by atoms with Crippen LogP contribution >= 0.6 is 0 Å². The number of para-hydroxylation sites is 1. The van der Waals surface area contributed by atoms with E-state index in [9.17, 15) is 9.59 Å². The fourth-order valence-electron chi connectivity index (χ4n) is 6.37. The number of amides is 2. The van der Waals surface area contributed by atoms with Gasteiger partial charge in [-0.3, -0.25) is 9.59 Å². The van der Waals surface area contributed by atoms with E-state index in [-0.39, 0.29) is 23.8 Å². The lowest BCUT2D eigenvalue weighted by atomic mass is 9.91. The van der Waals surface area contributed by atoms with Gasteiger partial charge in [0.25, 0.3) is 5.91 Å². The Kier molecular flexibility index (Phi) is 6.97. The average molecular weight is 535 g/mol. The summed E-state index contributed by atoms with van der Waals surface area (Å²) in [5, 5.41) is 1.08. The highest BCUT2D eigenvalue weighted by molar-refractivity contribution is 6.04. The number of hydrogen-bond donors (Lipinski definition) is 1. The summed E-state index contributed by atoms with van der Waals surface area (Å²) in [6.45, 7) is 9.42. The number of likely N-dealkylation sites (N-methyl/N-ethyl adjacent to an activating group) is 1. The first kappa shape index (κ1) is 26.3. The molecule has 2 aliphatic heterocycles. The highest BCUT2D eigenvalue weighted by Crippen LogP contribution is 2.47. The molecule has 2 unspecified atom stereocenters. The van der Waals surface area contributed by atoms with Crippen LogP contribution in [0.15, 0.2) is 72.8 Å². The van der Waals surface area contributed by atoms with Crippen LogP contribution in [0.3, 0.4) is 0 Å². The van der Waals surface area contributed by atoms with Gasteiger partial charge in [0.15, 0.2) is 0 Å². The fraction of sp³-hybridized carbons (Fsp3) is 0.353. The number of carbonyl (C=O) groups is 2. The van der Waals surface area contributed by atoms with Gasteiger partial charge in [0.1, 0.15) is 6.04 Å². The largest absolute Gasteiger partial charge is 0.354 e. The van der Waals surface area contributed by atoms with E-state index in [2.05, 4.69) is 80.2 Å². The number of nitrogens with one attached hydrogen (secondary N) is 1. The van der Waals surface area contributed by atoms with Crippen molar-refractivity contribution >= 4 is 22.7 Å². The molecule has 6 nitrogen and oxygen atoms in total. The molecule has 2 atom stereocenters. The van der Waals surface area contributed by atoms with Gasteiger partial charge in [-0.05, 0) is 49.6 Å². The van der Waals surface area contributed by atoms with Crippen molar-refractivity contribution in [3.05, 3.63) is 95.1 Å². The van der Waals surface area contributed by atoms with Gasteiger partial charge in [0, 0.05) is 48.2 Å². The monoisotopic (exact) mass is 534 g/mol. The number of hydrogen-bond acceptors (Lipinski definition) is 3. The van der Waals surface area contributed by atoms with Crippen molar-refractivity contribution in [2.45, 2.75) is 39.3 Å². The number of piperazine rings is 1. The van der Waals surface area contributed by atoms with Crippen molar-refractivity contribution in [2.75, 3.05) is 33.2 Å². The topological polar surface area (TPSA) is 59.7 Å². The Morgan fingerprint density at radius 1 is 0.925 bits per heavy atom. The van der Waals surface area contributed by atoms with Crippen LogP contribution in [0.2, 0.25) is 0 Å². The van der Waals surface area contributed by atoms with Crippen molar-refractivity contribution in [1.29, 1.82) is 0 Å². The number of rotatable bonds is 6. The van der Waals surface area contributed by atoms with Crippen molar-refractivity contribution in [1.82, 2.24) is 19.7 Å². The van der Waals surface area contributed by atoms with Crippen molar-refractivity contribution in [3.63, 3.8) is 0 Å². The molecule has 6 heteroatoms. The van der Waals surface area contributed by atoms with E-state index in [1.54, 1.807) is 0 Å². The number of fused-ring (bicyclic) bond motifs is 2. The van der Waals surface area contributed by atoms with Crippen LogP contribution in [0.4, 0.5) is 0 Å². The van der Waals surface area contributed by atoms with Gasteiger partial charge in [-0.25, -0.2) is 0 Å². The molecule has 2 aliphatic rings. The Morgan fingerprint density at radius 3 is 2.33 bits per heavy atom. The van der Waals surface area contributed by atoms with Crippen LogP contribution in [0.25, 0.3) is 22.2 Å². The average Bonchev–Trinajstić information content (AvgIpc) is 3.47. The molecule has 0 bridgehead atoms. The van der Waals surface area contributed by atoms with E-state index >= 15 is 0 Å². The lowest BCUT2D eigenvalue weighted by Gasteiger charge is -2.39. The van der Waals surface area contributed by atoms with Crippen molar-refractivity contribution in [3.8, 4) is 11.3 Å². The second-order valence-electron chi connectivity index (χ2n) is 11.8. The number of benzene rings is 3. The lowest BCUT2D eigenvalue weighted by molar-refractivity contribution is -0.138. The molecule has 1 N–H and O–H groups in total. The Labute approximate surface area is 236 Å². The molecule has 206 valence electrons. The summed E-state index contributed by atoms with van der Waals surface area (Å²) in [7, 11) is 2.09. The van der Waals surface area contributed by atoms with Gasteiger partial charge in [0.05, 0.1) is 11.7 Å². The first-order valence-corrected chi connectivity index (χ1v) is 14.4. The van der Waals surface area contributed by atoms with E-state index in [1.165, 1.54) is 5.56 Å². The first-order chi connectivity index (χ1) is 19.3. The van der Waals surface area contributed by atoms with Gasteiger partial charge in [0.2, 0.25) is 5.91 Å². The van der Waals surface area contributed by atoms with E-state index in [0.29, 0.717) is 25.1 Å². The molecule has 0 radical (unpaired) electrons. The summed E-state index contributed by atoms with van der Waals surface area (Å²) in [6, 6.07) is 23.8. The second-order valence-corrected chi connectivity index (χ2v) is 11.8. The Balaban J connectivity index is 1.55. The summed E-state index contributed by atoms with van der Waals surface area (Å²) in [4.78, 5) is 38.4. The van der Waals surface area contributed by atoms with Crippen molar-refractivity contribution < 1.29 is 9.59 Å². The second kappa shape index (κ2) is 10.6. The molecule has 4 aromatic rings. The highest BCUT2D eigenvalue weighted by Gasteiger charge is 2.46. The Hall–Kier alpha value is -3.90. The molecule has 0 aliphatic carbocycles. The van der Waals surface area contributed by atoms with E-state index in [4.69, 9.17) is 0 Å². The number of H-pyrrole nitrogens is 1. The molecular formula is C34H38N4O2. The molecule has 0 spiro atoms. The minimum atomic E-state index is -0.548. The maximum absolute atomic E-state index is 14.3. The van der Waals surface area contributed by atoms with Crippen LogP contribution in [0.5, 0.6) is 0 Å². The summed E-state index contributed by atoms with van der Waals surface area (Å²) in [5.41, 5.74) is 6.99. The van der Waals surface area contributed by atoms with E-state index < -0.39 is 6.04 Å². The van der Waals surface area contributed by atoms with Crippen molar-refractivity contribution in [2.24, 2.45) is 5.92 Å². The number of carbonyl (C=O) groups excluding carboxylic acids is 2. The summed E-state index contributed by atoms with van der Waals surface area (Å²) >= 11 is 0. The summed E-state index contributed by atoms with van der Waals surface area (Å²) in [6.07, 6.45) is 0.615. The minimum absolute atomic E-state index is 0.0599. The third-order valence-corrected chi connectivity index (χ3v) is 8.49. The summed E-state index contributed by atoms with van der Waals surface area (Å²) in [5.74, 6) is 0.247. The van der Waals surface area contributed by atoms with E-state index in [1.807, 2.05) is 40.1 Å². The SMILES string of the molecule is Cc1ccc(-c2[nH]c3ccccc3c2C2c3ccccc3C(=O)N2C(CC(C)C)C(=O)N2CCN(C)CC2)cc1. The number of aryl methyl sites for hydroxylation is 1. The molecule has 0 saturated carbocycles. The molecule has 40 heavy (non-hydrogen) atoms. The maximum Gasteiger partial charge on any atom is 0.255 e. The fourth-order valence-corrected chi connectivity index (χ4v) is 6.37. The molecule has 1 aromatic heterocycles. The quantitative estimate of drug-likeness (QED) is 0.336. The van der Waals surface area contributed by atoms with Crippen LogP contribution in [0.1, 0.15) is 53.4 Å². The molecule has 2 amide bonds. The number of aromatic amines is 1. The molecule has 6 rings (SSSR count). The standard InChI is InChI=1S/C34H38N4O2/c1-22(2)21-29(34(40)37-19-17-36(4)18-20-37)38-32(25-9-5-6-10-26(25)33(38)39)30-27-11-7-8-12-28(27)35-31(30)24-15-13-23(3)14-16-24/h5-16,22,29,32,35H,17-21H2,1-4H3. The van der Waals surface area contributed by atoms with Gasteiger partial charge in [-0.2, -0.15) is 0 Å². The summed E-state index contributed by atoms with van der Waals surface area (Å²) < 4.78 is 0. The third kappa shape index (κ3) is 4.60. The first-order valence-electron chi connectivity index (χ1n) is 14.4. The lowest BCUT2D eigenvalue weighted by Crippen LogP contribution is -2.55.